The molecular weight excluding hydrogens is 236 g/mol. The summed E-state index contributed by atoms with van der Waals surface area (Å²) in [5.41, 5.74) is 7.81. The number of carbonyl (C=O) groups is 1. The highest BCUT2D eigenvalue weighted by Crippen LogP contribution is 2.67. The van der Waals surface area contributed by atoms with E-state index >= 15 is 0 Å². The number of hydrogen-bond donors (Lipinski definition) is 2. The molecule has 1 aromatic rings. The van der Waals surface area contributed by atoms with Gasteiger partial charge in [-0.3, -0.25) is 4.79 Å². The molecule has 2 rings (SSSR count). The molecule has 1 aromatic carbocycles. The molecule has 0 saturated heterocycles. The van der Waals surface area contributed by atoms with Crippen molar-refractivity contribution in [1.29, 1.82) is 0 Å². The molecule has 0 atom stereocenters. The number of hydrogen-bond acceptors (Lipinski definition) is 2. The number of rotatable bonds is 5. The monoisotopic (exact) mass is 260 g/mol. The van der Waals surface area contributed by atoms with Crippen LogP contribution in [0.4, 0.5) is 0 Å². The first-order valence-corrected chi connectivity index (χ1v) is 6.86. The Morgan fingerprint density at radius 1 is 1.16 bits per heavy atom. The van der Waals surface area contributed by atoms with E-state index in [1.807, 2.05) is 12.1 Å². The van der Waals surface area contributed by atoms with Crippen LogP contribution in [0.25, 0.3) is 0 Å². The van der Waals surface area contributed by atoms with Crippen molar-refractivity contribution in [2.75, 3.05) is 6.54 Å². The van der Waals surface area contributed by atoms with Gasteiger partial charge in [0.25, 0.3) is 0 Å². The van der Waals surface area contributed by atoms with Gasteiger partial charge in [-0.25, -0.2) is 0 Å². The molecule has 1 aliphatic carbocycles. The summed E-state index contributed by atoms with van der Waals surface area (Å²) in [4.78, 5) is 11.0. The van der Waals surface area contributed by atoms with Crippen molar-refractivity contribution >= 4 is 5.91 Å². The molecule has 104 valence electrons. The molecule has 0 radical (unpaired) electrons. The second-order valence-electron chi connectivity index (χ2n) is 6.69. The average Bonchev–Trinajstić information content (AvgIpc) is 2.72. The zero-order chi connectivity index (χ0) is 14.3. The Labute approximate surface area is 115 Å². The topological polar surface area (TPSA) is 55.1 Å². The minimum Gasteiger partial charge on any atom is -0.366 e. The molecule has 3 N–H and O–H groups in total. The van der Waals surface area contributed by atoms with Crippen molar-refractivity contribution in [3.05, 3.63) is 35.4 Å². The van der Waals surface area contributed by atoms with Gasteiger partial charge in [-0.15, -0.1) is 0 Å². The predicted molar refractivity (Wildman–Crippen MR) is 77.7 cm³/mol. The minimum atomic E-state index is -0.374. The molecule has 0 heterocycles. The van der Waals surface area contributed by atoms with Crippen molar-refractivity contribution in [2.24, 2.45) is 22.5 Å². The maximum Gasteiger partial charge on any atom is 0.248 e. The number of carbonyl (C=O) groups excluding carboxylic acids is 1. The Morgan fingerprint density at radius 2 is 1.68 bits per heavy atom. The first-order chi connectivity index (χ1) is 8.76. The first kappa shape index (κ1) is 14.1. The fraction of sp³-hybridized carbons (Fsp3) is 0.562. The Bertz CT molecular complexity index is 460. The van der Waals surface area contributed by atoms with Crippen molar-refractivity contribution in [3.63, 3.8) is 0 Å². The molecule has 1 saturated carbocycles. The smallest absolute Gasteiger partial charge is 0.248 e. The first-order valence-electron chi connectivity index (χ1n) is 6.86. The van der Waals surface area contributed by atoms with Crippen molar-refractivity contribution in [1.82, 2.24) is 5.32 Å². The molecular formula is C16H24N2O. The van der Waals surface area contributed by atoms with Gasteiger partial charge in [0.2, 0.25) is 5.91 Å². The van der Waals surface area contributed by atoms with E-state index in [0.717, 1.165) is 19.0 Å². The van der Waals surface area contributed by atoms with Crippen LogP contribution in [0.3, 0.4) is 0 Å². The SMILES string of the molecule is CC1(C)C(CNCc2ccc(C(N)=O)cc2)C1(C)C. The number of benzene rings is 1. The van der Waals surface area contributed by atoms with Crippen LogP contribution in [0.15, 0.2) is 24.3 Å². The zero-order valence-corrected chi connectivity index (χ0v) is 12.3. The van der Waals surface area contributed by atoms with Crippen molar-refractivity contribution < 1.29 is 4.79 Å². The highest BCUT2D eigenvalue weighted by atomic mass is 16.1. The van der Waals surface area contributed by atoms with Gasteiger partial charge in [0.15, 0.2) is 0 Å². The Kier molecular flexibility index (Phi) is 3.43. The van der Waals surface area contributed by atoms with E-state index in [1.165, 1.54) is 5.56 Å². The highest BCUT2D eigenvalue weighted by Gasteiger charge is 2.63. The van der Waals surface area contributed by atoms with E-state index in [2.05, 4.69) is 33.0 Å². The predicted octanol–water partition coefficient (Wildman–Crippen LogP) is 2.56. The minimum absolute atomic E-state index is 0.374. The zero-order valence-electron chi connectivity index (χ0n) is 12.3. The van der Waals surface area contributed by atoms with Crippen LogP contribution in [0.2, 0.25) is 0 Å². The van der Waals surface area contributed by atoms with Crippen LogP contribution in [-0.2, 0) is 6.54 Å². The van der Waals surface area contributed by atoms with E-state index in [4.69, 9.17) is 5.73 Å². The van der Waals surface area contributed by atoms with Crippen molar-refractivity contribution in [2.45, 2.75) is 34.2 Å². The summed E-state index contributed by atoms with van der Waals surface area (Å²) < 4.78 is 0. The highest BCUT2D eigenvalue weighted by molar-refractivity contribution is 5.92. The van der Waals surface area contributed by atoms with Gasteiger partial charge in [-0.1, -0.05) is 39.8 Å². The summed E-state index contributed by atoms with van der Waals surface area (Å²) in [7, 11) is 0. The largest absolute Gasteiger partial charge is 0.366 e. The fourth-order valence-corrected chi connectivity index (χ4v) is 2.99. The molecule has 0 bridgehead atoms. The molecule has 1 amide bonds. The molecule has 1 fully saturated rings. The van der Waals surface area contributed by atoms with Crippen LogP contribution in [0.1, 0.15) is 43.6 Å². The van der Waals surface area contributed by atoms with Gasteiger partial charge < -0.3 is 11.1 Å². The second kappa shape index (κ2) is 4.64. The van der Waals surface area contributed by atoms with Crippen LogP contribution in [-0.4, -0.2) is 12.5 Å². The third-order valence-corrected chi connectivity index (χ3v) is 5.24. The van der Waals surface area contributed by atoms with Crippen LogP contribution in [0.5, 0.6) is 0 Å². The Morgan fingerprint density at radius 3 is 2.11 bits per heavy atom. The van der Waals surface area contributed by atoms with Gasteiger partial charge in [-0.05, 0) is 41.0 Å². The second-order valence-corrected chi connectivity index (χ2v) is 6.69. The van der Waals surface area contributed by atoms with E-state index in [-0.39, 0.29) is 5.91 Å². The maximum absolute atomic E-state index is 11.0. The molecule has 0 spiro atoms. The molecule has 0 unspecified atom stereocenters. The summed E-state index contributed by atoms with van der Waals surface area (Å²) in [5.74, 6) is 0.353. The number of nitrogens with two attached hydrogens (primary N) is 1. The quantitative estimate of drug-likeness (QED) is 0.855. The third-order valence-electron chi connectivity index (χ3n) is 5.24. The van der Waals surface area contributed by atoms with Crippen LogP contribution < -0.4 is 11.1 Å². The van der Waals surface area contributed by atoms with E-state index in [9.17, 15) is 4.79 Å². The molecule has 3 nitrogen and oxygen atoms in total. The Balaban J connectivity index is 1.83. The van der Waals surface area contributed by atoms with E-state index < -0.39 is 0 Å². The average molecular weight is 260 g/mol. The lowest BCUT2D eigenvalue weighted by molar-refractivity contribution is 0.100. The molecule has 0 aliphatic heterocycles. The van der Waals surface area contributed by atoms with Crippen molar-refractivity contribution in [3.8, 4) is 0 Å². The normalized spacial score (nSPS) is 20.2. The van der Waals surface area contributed by atoms with Gasteiger partial charge in [-0.2, -0.15) is 0 Å². The molecule has 3 heteroatoms. The summed E-state index contributed by atoms with van der Waals surface area (Å²) in [5, 5.41) is 3.51. The Hall–Kier alpha value is -1.35. The maximum atomic E-state index is 11.0. The number of nitrogens with one attached hydrogen (secondary N) is 1. The van der Waals surface area contributed by atoms with Crippen LogP contribution >= 0.6 is 0 Å². The lowest BCUT2D eigenvalue weighted by Crippen LogP contribution is -2.19. The fourth-order valence-electron chi connectivity index (χ4n) is 2.99. The summed E-state index contributed by atoms with van der Waals surface area (Å²) in [6.45, 7) is 11.2. The van der Waals surface area contributed by atoms with Crippen LogP contribution in [0, 0.1) is 16.7 Å². The summed E-state index contributed by atoms with van der Waals surface area (Å²) >= 11 is 0. The number of amides is 1. The lowest BCUT2D eigenvalue weighted by Gasteiger charge is -2.06. The lowest BCUT2D eigenvalue weighted by atomic mass is 10.0. The van der Waals surface area contributed by atoms with E-state index in [0.29, 0.717) is 16.4 Å². The standard InChI is InChI=1S/C16H24N2O/c1-15(2)13(16(15,3)4)10-18-9-11-5-7-12(8-6-11)14(17)19/h5-8,13,18H,9-10H2,1-4H3,(H2,17,19). The molecule has 1 aliphatic rings. The van der Waals surface area contributed by atoms with Gasteiger partial charge in [0.1, 0.15) is 0 Å². The summed E-state index contributed by atoms with van der Waals surface area (Å²) in [6.07, 6.45) is 0. The van der Waals surface area contributed by atoms with Gasteiger partial charge >= 0.3 is 0 Å². The van der Waals surface area contributed by atoms with Gasteiger partial charge in [0.05, 0.1) is 0 Å². The molecule has 19 heavy (non-hydrogen) atoms. The van der Waals surface area contributed by atoms with Gasteiger partial charge in [0, 0.05) is 12.1 Å². The third kappa shape index (κ3) is 2.52. The van der Waals surface area contributed by atoms with E-state index in [1.54, 1.807) is 12.1 Å². The summed E-state index contributed by atoms with van der Waals surface area (Å²) in [6, 6.07) is 7.47. The molecule has 0 aromatic heterocycles. The number of primary amides is 1.